The number of para-hydroxylation sites is 8. The number of hydrogen-bond donors (Lipinski definition) is 0. The van der Waals surface area contributed by atoms with Crippen molar-refractivity contribution >= 4 is 77.8 Å². The zero-order chi connectivity index (χ0) is 46.1. The van der Waals surface area contributed by atoms with Crippen molar-refractivity contribution in [2.45, 2.75) is 0 Å². The van der Waals surface area contributed by atoms with E-state index in [4.69, 9.17) is 19.9 Å². The third-order valence-electron chi connectivity index (χ3n) is 13.2. The summed E-state index contributed by atoms with van der Waals surface area (Å²) in [7, 11) is 0. The maximum atomic E-state index is 5.01. The summed E-state index contributed by atoms with van der Waals surface area (Å²) in [5, 5.41) is 0. The van der Waals surface area contributed by atoms with Crippen LogP contribution in [-0.2, 0) is 0 Å². The lowest BCUT2D eigenvalue weighted by Crippen LogP contribution is -2.00. The Balaban J connectivity index is 0.000000133. The minimum absolute atomic E-state index is 0.749. The quantitative estimate of drug-likeness (QED) is 0.171. The highest BCUT2D eigenvalue weighted by atomic mass is 15.3. The fourth-order valence-corrected chi connectivity index (χ4v) is 9.84. The normalized spacial score (nSPS) is 11.7. The summed E-state index contributed by atoms with van der Waals surface area (Å²) >= 11 is 0. The Morgan fingerprint density at radius 2 is 0.586 bits per heavy atom. The van der Waals surface area contributed by atoms with Crippen molar-refractivity contribution in [3.8, 4) is 45.0 Å². The fraction of sp³-hybridized carbons (Fsp3) is 0. The SMILES string of the molecule is c1ccc(-c2ccc(-c3ccc4c(c3)n3c5ccccc5nc3n4-c3cnc4ccccc4n3)cc2)cc1.c1ccc(-c2ccc3c(c2)n2c4ccccc4nc2n3-c2cnc3ccccc3n2)cc1. The van der Waals surface area contributed by atoms with Crippen LogP contribution in [0.5, 0.6) is 0 Å². The summed E-state index contributed by atoms with van der Waals surface area (Å²) in [5.41, 5.74) is 18.9. The van der Waals surface area contributed by atoms with Crippen LogP contribution >= 0.6 is 0 Å². The van der Waals surface area contributed by atoms with Gasteiger partial charge in [-0.15, -0.1) is 0 Å². The van der Waals surface area contributed by atoms with Crippen LogP contribution < -0.4 is 0 Å². The first-order valence-electron chi connectivity index (χ1n) is 23.2. The number of imidazole rings is 4. The first kappa shape index (κ1) is 39.4. The molecule has 0 fully saturated rings. The molecule has 6 heterocycles. The Labute approximate surface area is 399 Å². The lowest BCUT2D eigenvalue weighted by molar-refractivity contribution is 1.04. The van der Waals surface area contributed by atoms with E-state index in [2.05, 4.69) is 167 Å². The zero-order valence-corrected chi connectivity index (χ0v) is 37.4. The highest BCUT2D eigenvalue weighted by Gasteiger charge is 2.21. The Morgan fingerprint density at radius 3 is 1.04 bits per heavy atom. The first-order valence-corrected chi connectivity index (χ1v) is 23.2. The molecule has 0 saturated carbocycles. The summed E-state index contributed by atoms with van der Waals surface area (Å²) in [6.45, 7) is 0. The number of fused-ring (bicyclic) bond motifs is 12. The number of benzene rings is 9. The minimum atomic E-state index is 0.749. The highest BCUT2D eigenvalue weighted by Crippen LogP contribution is 2.35. The molecule has 0 spiro atoms. The molecule has 0 aliphatic heterocycles. The van der Waals surface area contributed by atoms with Crippen molar-refractivity contribution in [1.82, 2.24) is 47.8 Å². The molecule has 10 heteroatoms. The Hall–Kier alpha value is -9.80. The summed E-state index contributed by atoms with van der Waals surface area (Å²) in [4.78, 5) is 29.2. The average molecular weight is 899 g/mol. The Kier molecular flexibility index (Phi) is 8.96. The van der Waals surface area contributed by atoms with Gasteiger partial charge in [0.15, 0.2) is 11.6 Å². The molecule has 0 bridgehead atoms. The van der Waals surface area contributed by atoms with Gasteiger partial charge in [0.05, 0.1) is 78.6 Å². The van der Waals surface area contributed by atoms with Crippen molar-refractivity contribution in [2.24, 2.45) is 0 Å². The van der Waals surface area contributed by atoms with E-state index in [1.54, 1.807) is 0 Å². The molecule has 0 aliphatic carbocycles. The van der Waals surface area contributed by atoms with E-state index in [0.29, 0.717) is 0 Å². The molecule has 70 heavy (non-hydrogen) atoms. The van der Waals surface area contributed by atoms with E-state index in [9.17, 15) is 0 Å². The summed E-state index contributed by atoms with van der Waals surface area (Å²) < 4.78 is 8.65. The van der Waals surface area contributed by atoms with Crippen molar-refractivity contribution < 1.29 is 0 Å². The van der Waals surface area contributed by atoms with E-state index < -0.39 is 0 Å². The highest BCUT2D eigenvalue weighted by molar-refractivity contribution is 5.96. The molecule has 15 rings (SSSR count). The van der Waals surface area contributed by atoms with Gasteiger partial charge in [-0.2, -0.15) is 0 Å². The van der Waals surface area contributed by atoms with Crippen molar-refractivity contribution in [2.75, 3.05) is 0 Å². The standard InChI is InChI=1S/C33H21N5.C27H17N5/c1-2-8-22(9-3-1)23-14-16-24(17-15-23)25-18-19-30-31(20-25)37-29-13-7-6-12-28(29)36-33(37)38(30)32-21-34-26-10-4-5-11-27(26)35-32;1-2-8-18(9-3-1)19-14-15-24-25(16-19)31-23-13-7-6-12-22(23)30-27(31)32(24)26-17-28-20-10-4-5-11-21(20)29-26/h1-21H;1-17H. The number of nitrogens with zero attached hydrogens (tertiary/aromatic N) is 10. The third-order valence-corrected chi connectivity index (χ3v) is 13.2. The molecule has 0 atom stereocenters. The predicted octanol–water partition coefficient (Wildman–Crippen LogP) is 13.8. The van der Waals surface area contributed by atoms with E-state index in [-0.39, 0.29) is 0 Å². The lowest BCUT2D eigenvalue weighted by atomic mass is 10.00. The number of hydrogen-bond acceptors (Lipinski definition) is 6. The smallest absolute Gasteiger partial charge is 0.221 e. The molecule has 0 unspecified atom stereocenters. The van der Waals surface area contributed by atoms with E-state index in [1.807, 2.05) is 91.3 Å². The Bertz CT molecular complexity index is 4470. The zero-order valence-electron chi connectivity index (χ0n) is 37.4. The second-order valence-corrected chi connectivity index (χ2v) is 17.3. The second-order valence-electron chi connectivity index (χ2n) is 17.3. The van der Waals surface area contributed by atoms with Gasteiger partial charge < -0.3 is 0 Å². The summed E-state index contributed by atoms with van der Waals surface area (Å²) in [6.07, 6.45) is 3.66. The van der Waals surface area contributed by atoms with Crippen LogP contribution in [0.25, 0.3) is 123 Å². The molecular formula is C60H38N10. The van der Waals surface area contributed by atoms with Crippen molar-refractivity contribution in [3.05, 3.63) is 231 Å². The molecule has 10 nitrogen and oxygen atoms in total. The third kappa shape index (κ3) is 6.42. The fourth-order valence-electron chi connectivity index (χ4n) is 9.84. The molecule has 0 amide bonds. The molecule has 0 saturated heterocycles. The number of aromatic nitrogens is 10. The molecule has 328 valence electrons. The maximum absolute atomic E-state index is 5.01. The van der Waals surface area contributed by atoms with Crippen LogP contribution in [0.1, 0.15) is 0 Å². The first-order chi connectivity index (χ1) is 34.7. The van der Waals surface area contributed by atoms with Crippen LogP contribution in [0.2, 0.25) is 0 Å². The van der Waals surface area contributed by atoms with Gasteiger partial charge in [-0.3, -0.25) is 27.9 Å². The van der Waals surface area contributed by atoms with Gasteiger partial charge in [0.25, 0.3) is 0 Å². The van der Waals surface area contributed by atoms with Gasteiger partial charge in [0.1, 0.15) is 0 Å². The summed E-state index contributed by atoms with van der Waals surface area (Å²) in [5.74, 6) is 3.16. The lowest BCUT2D eigenvalue weighted by Gasteiger charge is -2.07. The molecule has 9 aromatic carbocycles. The topological polar surface area (TPSA) is 96.0 Å². The van der Waals surface area contributed by atoms with Gasteiger partial charge in [0, 0.05) is 0 Å². The monoisotopic (exact) mass is 898 g/mol. The van der Waals surface area contributed by atoms with Crippen molar-refractivity contribution in [3.63, 3.8) is 0 Å². The maximum Gasteiger partial charge on any atom is 0.221 e. The molecular weight excluding hydrogens is 861 g/mol. The van der Waals surface area contributed by atoms with E-state index in [1.165, 1.54) is 27.8 Å². The van der Waals surface area contributed by atoms with Crippen LogP contribution in [-0.4, -0.2) is 47.8 Å². The second kappa shape index (κ2) is 15.9. The van der Waals surface area contributed by atoms with Gasteiger partial charge in [-0.1, -0.05) is 146 Å². The molecule has 0 N–H and O–H groups in total. The van der Waals surface area contributed by atoms with Crippen LogP contribution in [0.15, 0.2) is 231 Å². The average Bonchev–Trinajstić information content (AvgIpc) is 4.17. The molecule has 6 aromatic heterocycles. The van der Waals surface area contributed by atoms with Crippen LogP contribution in [0.3, 0.4) is 0 Å². The van der Waals surface area contributed by atoms with E-state index >= 15 is 0 Å². The van der Waals surface area contributed by atoms with Crippen LogP contribution in [0, 0.1) is 0 Å². The largest absolute Gasteiger partial charge is 0.276 e. The van der Waals surface area contributed by atoms with Gasteiger partial charge in [-0.25, -0.2) is 19.9 Å². The van der Waals surface area contributed by atoms with Gasteiger partial charge in [-0.05, 0) is 106 Å². The van der Waals surface area contributed by atoms with Crippen LogP contribution in [0.4, 0.5) is 0 Å². The molecule has 0 radical (unpaired) electrons. The molecule has 15 aromatic rings. The van der Waals surface area contributed by atoms with Gasteiger partial charge >= 0.3 is 0 Å². The van der Waals surface area contributed by atoms with Gasteiger partial charge in [0.2, 0.25) is 11.6 Å². The summed E-state index contributed by atoms with van der Waals surface area (Å²) in [6, 6.07) is 75.2. The minimum Gasteiger partial charge on any atom is -0.276 e. The number of rotatable bonds is 5. The van der Waals surface area contributed by atoms with E-state index in [0.717, 1.165) is 95.0 Å². The van der Waals surface area contributed by atoms with Crippen molar-refractivity contribution in [1.29, 1.82) is 0 Å². The Morgan fingerprint density at radius 1 is 0.243 bits per heavy atom. The molecule has 0 aliphatic rings. The predicted molar refractivity (Wildman–Crippen MR) is 282 cm³/mol.